The van der Waals surface area contributed by atoms with Gasteiger partial charge >= 0.3 is 0 Å². The van der Waals surface area contributed by atoms with Crippen LogP contribution in [0.15, 0.2) is 33.4 Å². The summed E-state index contributed by atoms with van der Waals surface area (Å²) in [4.78, 5) is 0. The zero-order chi connectivity index (χ0) is 13.1. The van der Waals surface area contributed by atoms with E-state index in [9.17, 15) is 4.39 Å². The van der Waals surface area contributed by atoms with E-state index < -0.39 is 0 Å². The van der Waals surface area contributed by atoms with E-state index in [1.807, 2.05) is 13.1 Å². The van der Waals surface area contributed by atoms with Gasteiger partial charge in [0.15, 0.2) is 0 Å². The van der Waals surface area contributed by atoms with Crippen molar-refractivity contribution < 1.29 is 4.39 Å². The van der Waals surface area contributed by atoms with Crippen molar-refractivity contribution in [2.24, 2.45) is 0 Å². The summed E-state index contributed by atoms with van der Waals surface area (Å²) < 4.78 is 13.9. The van der Waals surface area contributed by atoms with Gasteiger partial charge in [-0.1, -0.05) is 22.0 Å². The molecule has 1 N–H and O–H groups in total. The van der Waals surface area contributed by atoms with Gasteiger partial charge in [0.2, 0.25) is 0 Å². The van der Waals surface area contributed by atoms with Gasteiger partial charge in [0.05, 0.1) is 0 Å². The van der Waals surface area contributed by atoms with E-state index in [0.717, 1.165) is 16.5 Å². The normalized spacial score (nSPS) is 12.7. The van der Waals surface area contributed by atoms with Gasteiger partial charge in [-0.3, -0.25) is 0 Å². The highest BCUT2D eigenvalue weighted by Gasteiger charge is 2.15. The molecule has 96 valence electrons. The quantitative estimate of drug-likeness (QED) is 0.874. The number of hydrogen-bond acceptors (Lipinski definition) is 2. The summed E-state index contributed by atoms with van der Waals surface area (Å²) in [5.41, 5.74) is 3.73. The fourth-order valence-electron chi connectivity index (χ4n) is 2.00. The fourth-order valence-corrected chi connectivity index (χ4v) is 3.42. The summed E-state index contributed by atoms with van der Waals surface area (Å²) in [6.45, 7) is 2.12. The number of thiophene rings is 1. The molecule has 1 unspecified atom stereocenters. The number of nitrogens with one attached hydrogen (secondary N) is 1. The van der Waals surface area contributed by atoms with Gasteiger partial charge in [-0.2, -0.15) is 11.3 Å². The van der Waals surface area contributed by atoms with Gasteiger partial charge in [0.1, 0.15) is 5.82 Å². The molecule has 0 spiro atoms. The van der Waals surface area contributed by atoms with E-state index >= 15 is 0 Å². The standard InChI is InChI=1S/C14H15BrFNS/c1-9-7-18-8-12(9)14(17-2)5-10-3-4-11(16)6-13(10)15/h3-4,6-8,14,17H,5H2,1-2H3. The molecule has 0 fully saturated rings. The molecule has 0 amide bonds. The Kier molecular flexibility index (Phi) is 4.54. The third kappa shape index (κ3) is 2.99. The Balaban J connectivity index is 2.23. The maximum absolute atomic E-state index is 13.1. The molecule has 2 aromatic rings. The molecule has 0 bridgehead atoms. The first kappa shape index (κ1) is 13.7. The first-order valence-corrected chi connectivity index (χ1v) is 7.49. The highest BCUT2D eigenvalue weighted by Crippen LogP contribution is 2.27. The van der Waals surface area contributed by atoms with Crippen LogP contribution in [0.4, 0.5) is 4.39 Å². The van der Waals surface area contributed by atoms with E-state index in [4.69, 9.17) is 0 Å². The van der Waals surface area contributed by atoms with Crippen LogP contribution in [0.25, 0.3) is 0 Å². The Bertz CT molecular complexity index is 538. The summed E-state index contributed by atoms with van der Waals surface area (Å²) in [7, 11) is 1.96. The molecule has 1 aromatic carbocycles. The molecule has 1 atom stereocenters. The van der Waals surface area contributed by atoms with Gasteiger partial charge in [-0.15, -0.1) is 0 Å². The molecule has 0 aliphatic heterocycles. The highest BCUT2D eigenvalue weighted by molar-refractivity contribution is 9.10. The number of likely N-dealkylation sites (N-methyl/N-ethyl adjacent to an activating group) is 1. The Hall–Kier alpha value is -0.710. The Labute approximate surface area is 119 Å². The zero-order valence-electron chi connectivity index (χ0n) is 10.3. The second-order valence-electron chi connectivity index (χ2n) is 4.29. The highest BCUT2D eigenvalue weighted by atomic mass is 79.9. The van der Waals surface area contributed by atoms with Crippen molar-refractivity contribution in [1.29, 1.82) is 0 Å². The maximum Gasteiger partial charge on any atom is 0.124 e. The van der Waals surface area contributed by atoms with E-state index in [0.29, 0.717) is 0 Å². The monoisotopic (exact) mass is 327 g/mol. The summed E-state index contributed by atoms with van der Waals surface area (Å²) in [6.07, 6.45) is 0.842. The summed E-state index contributed by atoms with van der Waals surface area (Å²) in [5, 5.41) is 7.65. The van der Waals surface area contributed by atoms with Crippen molar-refractivity contribution in [3.8, 4) is 0 Å². The molecule has 1 nitrogen and oxygen atoms in total. The summed E-state index contributed by atoms with van der Waals surface area (Å²) in [6, 6.07) is 5.12. The van der Waals surface area contributed by atoms with Gasteiger partial charge in [-0.25, -0.2) is 4.39 Å². The van der Waals surface area contributed by atoms with Crippen molar-refractivity contribution in [1.82, 2.24) is 5.32 Å². The van der Waals surface area contributed by atoms with Crippen LogP contribution in [0.1, 0.15) is 22.7 Å². The lowest BCUT2D eigenvalue weighted by Gasteiger charge is -2.17. The van der Waals surface area contributed by atoms with Crippen LogP contribution < -0.4 is 5.32 Å². The minimum Gasteiger partial charge on any atom is -0.313 e. The largest absolute Gasteiger partial charge is 0.313 e. The van der Waals surface area contributed by atoms with Gasteiger partial charge in [0, 0.05) is 10.5 Å². The van der Waals surface area contributed by atoms with Crippen LogP contribution >= 0.6 is 27.3 Å². The smallest absolute Gasteiger partial charge is 0.124 e. The summed E-state index contributed by atoms with van der Waals surface area (Å²) in [5.74, 6) is -0.210. The van der Waals surface area contributed by atoms with Crippen molar-refractivity contribution in [3.63, 3.8) is 0 Å². The van der Waals surface area contributed by atoms with Crippen LogP contribution in [0.2, 0.25) is 0 Å². The van der Waals surface area contributed by atoms with Crippen molar-refractivity contribution in [2.45, 2.75) is 19.4 Å². The molecule has 0 aliphatic carbocycles. The van der Waals surface area contributed by atoms with Crippen LogP contribution in [-0.4, -0.2) is 7.05 Å². The average Bonchev–Trinajstić information content (AvgIpc) is 2.75. The Morgan fingerprint density at radius 1 is 1.39 bits per heavy atom. The minimum absolute atomic E-state index is 0.210. The van der Waals surface area contributed by atoms with Gasteiger partial charge < -0.3 is 5.32 Å². The molecule has 0 aliphatic rings. The molecule has 0 saturated carbocycles. The average molecular weight is 328 g/mol. The van der Waals surface area contributed by atoms with Crippen molar-refractivity contribution in [2.75, 3.05) is 7.05 Å². The Morgan fingerprint density at radius 2 is 2.17 bits per heavy atom. The zero-order valence-corrected chi connectivity index (χ0v) is 12.7. The first-order valence-electron chi connectivity index (χ1n) is 5.75. The van der Waals surface area contributed by atoms with E-state index in [1.54, 1.807) is 11.3 Å². The second kappa shape index (κ2) is 5.95. The fraction of sp³-hybridized carbons (Fsp3) is 0.286. The Morgan fingerprint density at radius 3 is 2.72 bits per heavy atom. The lowest BCUT2D eigenvalue weighted by molar-refractivity contribution is 0.586. The lowest BCUT2D eigenvalue weighted by atomic mass is 9.99. The molecular weight excluding hydrogens is 313 g/mol. The van der Waals surface area contributed by atoms with Gasteiger partial charge in [0.25, 0.3) is 0 Å². The molecule has 18 heavy (non-hydrogen) atoms. The molecule has 4 heteroatoms. The van der Waals surface area contributed by atoms with Crippen molar-refractivity contribution in [3.05, 3.63) is 55.9 Å². The molecule has 2 rings (SSSR count). The van der Waals surface area contributed by atoms with Crippen LogP contribution in [0.3, 0.4) is 0 Å². The molecule has 0 radical (unpaired) electrons. The maximum atomic E-state index is 13.1. The predicted molar refractivity (Wildman–Crippen MR) is 78.7 cm³/mol. The SMILES string of the molecule is CNC(Cc1ccc(F)cc1Br)c1cscc1C. The van der Waals surface area contributed by atoms with Crippen LogP contribution in [0, 0.1) is 12.7 Å². The number of aryl methyl sites for hydroxylation is 1. The van der Waals surface area contributed by atoms with E-state index in [1.165, 1.54) is 23.3 Å². The van der Waals surface area contributed by atoms with Crippen LogP contribution in [-0.2, 0) is 6.42 Å². The number of benzene rings is 1. The molecular formula is C14H15BrFNS. The summed E-state index contributed by atoms with van der Waals surface area (Å²) >= 11 is 5.14. The number of halogens is 2. The third-order valence-corrected chi connectivity index (χ3v) is 4.68. The first-order chi connectivity index (χ1) is 8.61. The molecule has 1 aromatic heterocycles. The van der Waals surface area contributed by atoms with Crippen molar-refractivity contribution >= 4 is 27.3 Å². The van der Waals surface area contributed by atoms with Gasteiger partial charge in [-0.05, 0) is 60.0 Å². The number of hydrogen-bond donors (Lipinski definition) is 1. The van der Waals surface area contributed by atoms with E-state index in [-0.39, 0.29) is 11.9 Å². The van der Waals surface area contributed by atoms with E-state index in [2.05, 4.69) is 38.9 Å². The topological polar surface area (TPSA) is 12.0 Å². The van der Waals surface area contributed by atoms with Crippen LogP contribution in [0.5, 0.6) is 0 Å². The molecule has 1 heterocycles. The minimum atomic E-state index is -0.210. The second-order valence-corrected chi connectivity index (χ2v) is 5.89. The third-order valence-electron chi connectivity index (χ3n) is 3.06. The predicted octanol–water partition coefficient (Wildman–Crippen LogP) is 4.46. The number of rotatable bonds is 4. The molecule has 0 saturated heterocycles. The lowest BCUT2D eigenvalue weighted by Crippen LogP contribution is -2.19.